The summed E-state index contributed by atoms with van der Waals surface area (Å²) in [6, 6.07) is 4.74. The van der Waals surface area contributed by atoms with Crippen molar-refractivity contribution in [2.24, 2.45) is 0 Å². The van der Waals surface area contributed by atoms with Gasteiger partial charge in [-0.3, -0.25) is 4.31 Å². The third-order valence-corrected chi connectivity index (χ3v) is 4.16. The molecular weight excluding hydrogens is 250 g/mol. The predicted octanol–water partition coefficient (Wildman–Crippen LogP) is 1.57. The standard InChI is InChI=1S/C10H12F2N2O2S/c11-10(12)17(15,16)14-5-1-2-7-3-4-8(13)6-9(7)14/h3-4,6,10H,1-2,5,13H2. The molecule has 1 aromatic rings. The quantitative estimate of drug-likeness (QED) is 0.823. The van der Waals surface area contributed by atoms with Crippen molar-refractivity contribution in [1.82, 2.24) is 0 Å². The van der Waals surface area contributed by atoms with Crippen molar-refractivity contribution in [3.05, 3.63) is 23.8 Å². The van der Waals surface area contributed by atoms with Gasteiger partial charge in [0.15, 0.2) is 0 Å². The molecule has 0 fully saturated rings. The molecule has 0 unspecified atom stereocenters. The first-order valence-electron chi connectivity index (χ1n) is 5.11. The van der Waals surface area contributed by atoms with Gasteiger partial charge >= 0.3 is 5.76 Å². The summed E-state index contributed by atoms with van der Waals surface area (Å²) in [5.74, 6) is -3.41. The second-order valence-corrected chi connectivity index (χ2v) is 5.70. The Bertz CT molecular complexity index is 531. The highest BCUT2D eigenvalue weighted by atomic mass is 32.2. The van der Waals surface area contributed by atoms with Gasteiger partial charge in [-0.05, 0) is 30.5 Å². The summed E-state index contributed by atoms with van der Waals surface area (Å²) in [7, 11) is -4.59. The third-order valence-electron chi connectivity index (χ3n) is 2.72. The van der Waals surface area contributed by atoms with Crippen LogP contribution in [0.1, 0.15) is 12.0 Å². The Morgan fingerprint density at radius 1 is 1.35 bits per heavy atom. The average molecular weight is 262 g/mol. The fraction of sp³-hybridized carbons (Fsp3) is 0.400. The molecule has 4 nitrogen and oxygen atoms in total. The molecule has 1 aliphatic heterocycles. The van der Waals surface area contributed by atoms with E-state index in [0.717, 1.165) is 9.87 Å². The number of aryl methyl sites for hydroxylation is 1. The Morgan fingerprint density at radius 3 is 2.71 bits per heavy atom. The molecule has 7 heteroatoms. The van der Waals surface area contributed by atoms with Gasteiger partial charge in [-0.1, -0.05) is 6.07 Å². The molecule has 0 aliphatic carbocycles. The molecule has 0 spiro atoms. The number of nitrogens with zero attached hydrogens (tertiary/aromatic N) is 1. The normalized spacial score (nSPS) is 16.1. The van der Waals surface area contributed by atoms with Crippen LogP contribution in [0.25, 0.3) is 0 Å². The largest absolute Gasteiger partial charge is 0.399 e. The van der Waals surface area contributed by atoms with E-state index in [2.05, 4.69) is 0 Å². The lowest BCUT2D eigenvalue weighted by Gasteiger charge is -2.30. The van der Waals surface area contributed by atoms with Crippen LogP contribution in [0, 0.1) is 0 Å². The number of nitrogens with two attached hydrogens (primary N) is 1. The second kappa shape index (κ2) is 4.14. The Hall–Kier alpha value is -1.37. The molecule has 2 rings (SSSR count). The number of sulfonamides is 1. The summed E-state index contributed by atoms with van der Waals surface area (Å²) in [4.78, 5) is 0. The Labute approximate surface area is 98.1 Å². The van der Waals surface area contributed by atoms with Crippen LogP contribution in [0.3, 0.4) is 0 Å². The van der Waals surface area contributed by atoms with Gasteiger partial charge in [0, 0.05) is 12.2 Å². The molecule has 1 heterocycles. The minimum atomic E-state index is -4.59. The van der Waals surface area contributed by atoms with E-state index in [1.807, 2.05) is 0 Å². The van der Waals surface area contributed by atoms with Crippen LogP contribution in [0.5, 0.6) is 0 Å². The van der Waals surface area contributed by atoms with Crippen molar-refractivity contribution >= 4 is 21.4 Å². The Morgan fingerprint density at radius 2 is 2.06 bits per heavy atom. The van der Waals surface area contributed by atoms with Crippen molar-refractivity contribution < 1.29 is 17.2 Å². The predicted molar refractivity (Wildman–Crippen MR) is 61.4 cm³/mol. The number of fused-ring (bicyclic) bond motifs is 1. The molecule has 0 bridgehead atoms. The number of hydrogen-bond donors (Lipinski definition) is 1. The first-order chi connectivity index (χ1) is 7.93. The number of nitrogen functional groups attached to an aromatic ring is 1. The molecule has 2 N–H and O–H groups in total. The SMILES string of the molecule is Nc1ccc2c(c1)N(S(=O)(=O)C(F)F)CCC2. The van der Waals surface area contributed by atoms with Crippen molar-refractivity contribution in [3.8, 4) is 0 Å². The first-order valence-corrected chi connectivity index (χ1v) is 6.61. The van der Waals surface area contributed by atoms with Crippen LogP contribution in [-0.4, -0.2) is 20.7 Å². The molecule has 0 radical (unpaired) electrons. The van der Waals surface area contributed by atoms with Crippen LogP contribution < -0.4 is 10.0 Å². The lowest BCUT2D eigenvalue weighted by molar-refractivity contribution is 0.234. The maximum Gasteiger partial charge on any atom is 0.355 e. The monoisotopic (exact) mass is 262 g/mol. The summed E-state index contributed by atoms with van der Waals surface area (Å²) >= 11 is 0. The van der Waals surface area contributed by atoms with E-state index in [1.165, 1.54) is 6.07 Å². The van der Waals surface area contributed by atoms with Crippen LogP contribution in [-0.2, 0) is 16.4 Å². The van der Waals surface area contributed by atoms with Gasteiger partial charge in [-0.2, -0.15) is 8.78 Å². The van der Waals surface area contributed by atoms with E-state index in [4.69, 9.17) is 5.73 Å². The number of anilines is 2. The highest BCUT2D eigenvalue weighted by molar-refractivity contribution is 7.93. The number of hydrogen-bond acceptors (Lipinski definition) is 3. The van der Waals surface area contributed by atoms with Crippen LogP contribution in [0.15, 0.2) is 18.2 Å². The smallest absolute Gasteiger partial charge is 0.355 e. The average Bonchev–Trinajstić information content (AvgIpc) is 2.27. The molecule has 1 aromatic carbocycles. The van der Waals surface area contributed by atoms with Gasteiger partial charge in [0.25, 0.3) is 10.0 Å². The lowest BCUT2D eigenvalue weighted by atomic mass is 10.0. The van der Waals surface area contributed by atoms with E-state index in [1.54, 1.807) is 12.1 Å². The fourth-order valence-electron chi connectivity index (χ4n) is 1.92. The van der Waals surface area contributed by atoms with Gasteiger partial charge in [-0.15, -0.1) is 0 Å². The zero-order chi connectivity index (χ0) is 12.6. The van der Waals surface area contributed by atoms with Crippen molar-refractivity contribution in [1.29, 1.82) is 0 Å². The molecule has 94 valence electrons. The molecule has 0 saturated heterocycles. The zero-order valence-electron chi connectivity index (χ0n) is 8.94. The number of alkyl halides is 2. The van der Waals surface area contributed by atoms with E-state index in [0.29, 0.717) is 18.5 Å². The summed E-state index contributed by atoms with van der Waals surface area (Å²) in [6.45, 7) is 0.0725. The Balaban J connectivity index is 2.52. The van der Waals surface area contributed by atoms with Crippen LogP contribution in [0.4, 0.5) is 20.2 Å². The van der Waals surface area contributed by atoms with E-state index >= 15 is 0 Å². The zero-order valence-corrected chi connectivity index (χ0v) is 9.75. The highest BCUT2D eigenvalue weighted by Crippen LogP contribution is 2.32. The van der Waals surface area contributed by atoms with Gasteiger partial charge < -0.3 is 5.73 Å². The molecule has 0 atom stereocenters. The molecule has 1 aliphatic rings. The first kappa shape index (κ1) is 12.1. The number of benzene rings is 1. The van der Waals surface area contributed by atoms with Crippen molar-refractivity contribution in [2.75, 3.05) is 16.6 Å². The Kier molecular flexibility index (Phi) is 2.94. The molecular formula is C10H12F2N2O2S. The van der Waals surface area contributed by atoms with Crippen LogP contribution in [0.2, 0.25) is 0 Å². The van der Waals surface area contributed by atoms with E-state index in [-0.39, 0.29) is 12.2 Å². The van der Waals surface area contributed by atoms with Gasteiger partial charge in [0.1, 0.15) is 0 Å². The highest BCUT2D eigenvalue weighted by Gasteiger charge is 2.34. The summed E-state index contributed by atoms with van der Waals surface area (Å²) < 4.78 is 48.8. The minimum Gasteiger partial charge on any atom is -0.399 e. The minimum absolute atomic E-state index is 0.0725. The molecule has 0 saturated carbocycles. The lowest BCUT2D eigenvalue weighted by Crippen LogP contribution is -2.39. The topological polar surface area (TPSA) is 63.4 Å². The van der Waals surface area contributed by atoms with Gasteiger partial charge in [0.2, 0.25) is 0 Å². The van der Waals surface area contributed by atoms with Crippen LogP contribution >= 0.6 is 0 Å². The fourth-order valence-corrected chi connectivity index (χ4v) is 2.94. The summed E-state index contributed by atoms with van der Waals surface area (Å²) in [5, 5.41) is 0. The summed E-state index contributed by atoms with van der Waals surface area (Å²) in [5.41, 5.74) is 6.92. The van der Waals surface area contributed by atoms with Gasteiger partial charge in [0.05, 0.1) is 5.69 Å². The van der Waals surface area contributed by atoms with Crippen molar-refractivity contribution in [2.45, 2.75) is 18.6 Å². The molecule has 17 heavy (non-hydrogen) atoms. The molecule has 0 aromatic heterocycles. The number of rotatable bonds is 2. The van der Waals surface area contributed by atoms with E-state index < -0.39 is 15.8 Å². The third kappa shape index (κ3) is 2.06. The number of halogens is 2. The van der Waals surface area contributed by atoms with Crippen molar-refractivity contribution in [3.63, 3.8) is 0 Å². The summed E-state index contributed by atoms with van der Waals surface area (Å²) in [6.07, 6.45) is 1.20. The maximum absolute atomic E-state index is 12.5. The second-order valence-electron chi connectivity index (χ2n) is 3.87. The maximum atomic E-state index is 12.5. The molecule has 0 amide bonds. The van der Waals surface area contributed by atoms with E-state index in [9.17, 15) is 17.2 Å². The van der Waals surface area contributed by atoms with Gasteiger partial charge in [-0.25, -0.2) is 8.42 Å².